The molecule has 2 fully saturated rings. The monoisotopic (exact) mass is 472 g/mol. The van der Waals surface area contributed by atoms with Crippen molar-refractivity contribution in [2.24, 2.45) is 23.7 Å². The average Bonchev–Trinajstić information content (AvgIpc) is 2.84. The van der Waals surface area contributed by atoms with Crippen molar-refractivity contribution < 1.29 is 8.78 Å². The van der Waals surface area contributed by atoms with E-state index >= 15 is 8.78 Å². The summed E-state index contributed by atoms with van der Waals surface area (Å²) in [4.78, 5) is 0. The van der Waals surface area contributed by atoms with Crippen LogP contribution in [0.3, 0.4) is 0 Å². The molecule has 0 saturated heterocycles. The van der Waals surface area contributed by atoms with Crippen molar-refractivity contribution in [1.29, 1.82) is 0 Å². The number of hydrogen-bond acceptors (Lipinski definition) is 0. The zero-order chi connectivity index (χ0) is 23.9. The minimum atomic E-state index is -0.241. The van der Waals surface area contributed by atoms with Gasteiger partial charge in [-0.15, -0.1) is 0 Å². The van der Waals surface area contributed by atoms with Gasteiger partial charge in [0, 0.05) is 5.56 Å². The molecule has 0 spiro atoms. The first-order valence-electron chi connectivity index (χ1n) is 15.1. The summed E-state index contributed by atoms with van der Waals surface area (Å²) in [6.07, 6.45) is 23.2. The van der Waals surface area contributed by atoms with Crippen LogP contribution in [0.1, 0.15) is 146 Å². The van der Waals surface area contributed by atoms with Gasteiger partial charge in [-0.25, -0.2) is 8.78 Å². The zero-order valence-electron chi connectivity index (χ0n) is 22.2. The third kappa shape index (κ3) is 6.44. The van der Waals surface area contributed by atoms with Crippen LogP contribution in [0.2, 0.25) is 0 Å². The van der Waals surface area contributed by atoms with Gasteiger partial charge in [-0.3, -0.25) is 0 Å². The molecule has 0 radical (unpaired) electrons. The van der Waals surface area contributed by atoms with Crippen LogP contribution in [0, 0.1) is 35.3 Å². The van der Waals surface area contributed by atoms with Crippen molar-refractivity contribution in [3.05, 3.63) is 34.4 Å². The van der Waals surface area contributed by atoms with Gasteiger partial charge in [0.15, 0.2) is 0 Å². The normalized spacial score (nSPS) is 29.0. The Kier molecular flexibility index (Phi) is 9.89. The fourth-order valence-corrected chi connectivity index (χ4v) is 7.79. The largest absolute Gasteiger partial charge is 0.207 e. The second kappa shape index (κ2) is 12.9. The number of rotatable bonds is 11. The minimum Gasteiger partial charge on any atom is -0.207 e. The van der Waals surface area contributed by atoms with Gasteiger partial charge < -0.3 is 0 Å². The van der Waals surface area contributed by atoms with E-state index in [1.165, 1.54) is 89.9 Å². The summed E-state index contributed by atoms with van der Waals surface area (Å²) in [5.41, 5.74) is 2.29. The van der Waals surface area contributed by atoms with Crippen LogP contribution in [-0.2, 0) is 12.8 Å². The average molecular weight is 473 g/mol. The van der Waals surface area contributed by atoms with Crippen LogP contribution in [0.5, 0.6) is 0 Å². The molecule has 0 amide bonds. The fourth-order valence-electron chi connectivity index (χ4n) is 7.79. The molecule has 0 aliphatic heterocycles. The van der Waals surface area contributed by atoms with Crippen LogP contribution < -0.4 is 0 Å². The lowest BCUT2D eigenvalue weighted by Crippen LogP contribution is -2.31. The van der Waals surface area contributed by atoms with Gasteiger partial charge in [-0.1, -0.05) is 84.5 Å². The van der Waals surface area contributed by atoms with E-state index < -0.39 is 0 Å². The molecule has 4 rings (SSSR count). The van der Waals surface area contributed by atoms with E-state index in [-0.39, 0.29) is 17.6 Å². The van der Waals surface area contributed by atoms with Crippen LogP contribution >= 0.6 is 0 Å². The zero-order valence-corrected chi connectivity index (χ0v) is 22.2. The lowest BCUT2D eigenvalue weighted by Gasteiger charge is -2.42. The molecule has 192 valence electrons. The molecule has 0 nitrogen and oxygen atoms in total. The van der Waals surface area contributed by atoms with Gasteiger partial charge in [-0.05, 0) is 98.1 Å². The molecule has 0 N–H and O–H groups in total. The molecule has 0 heterocycles. The van der Waals surface area contributed by atoms with Gasteiger partial charge in [0.05, 0.1) is 0 Å². The molecule has 2 heteroatoms. The molecule has 0 bridgehead atoms. The Balaban J connectivity index is 1.33. The Morgan fingerprint density at radius 3 is 2.24 bits per heavy atom. The number of fused-ring (bicyclic) bond motifs is 2. The third-order valence-corrected chi connectivity index (χ3v) is 9.82. The highest BCUT2D eigenvalue weighted by atomic mass is 19.1. The van der Waals surface area contributed by atoms with Crippen molar-refractivity contribution in [3.8, 4) is 0 Å². The van der Waals surface area contributed by atoms with E-state index in [2.05, 4.69) is 13.8 Å². The molecule has 0 aromatic heterocycles. The summed E-state index contributed by atoms with van der Waals surface area (Å²) in [5.74, 6) is 2.70. The van der Waals surface area contributed by atoms with Gasteiger partial charge in [0.1, 0.15) is 11.6 Å². The SMILES string of the molecule is CCCCCCCC1CCC2CC(c3c(F)cc4c(c3F)CCC(CCCCC)C4)CCC2C1. The standard InChI is InChI=1S/C32H50F2/c1-3-5-7-8-10-12-23-13-15-26-21-27(17-16-25(26)19-23)31-30(33)22-28-20-24(11-9-6-4-2)14-18-29(28)32(31)34/h22-27H,3-21H2,1-2H3. The highest BCUT2D eigenvalue weighted by Gasteiger charge is 2.38. The van der Waals surface area contributed by atoms with Crippen molar-refractivity contribution >= 4 is 0 Å². The summed E-state index contributed by atoms with van der Waals surface area (Å²) >= 11 is 0. The maximum absolute atomic E-state index is 15.7. The summed E-state index contributed by atoms with van der Waals surface area (Å²) in [6.45, 7) is 4.52. The van der Waals surface area contributed by atoms with Crippen LogP contribution in [-0.4, -0.2) is 0 Å². The Morgan fingerprint density at radius 2 is 1.41 bits per heavy atom. The Morgan fingerprint density at radius 1 is 0.735 bits per heavy atom. The van der Waals surface area contributed by atoms with Gasteiger partial charge in [0.25, 0.3) is 0 Å². The first-order valence-corrected chi connectivity index (χ1v) is 15.1. The van der Waals surface area contributed by atoms with Gasteiger partial charge >= 0.3 is 0 Å². The predicted octanol–water partition coefficient (Wildman–Crippen LogP) is 10.3. The van der Waals surface area contributed by atoms with Crippen molar-refractivity contribution in [2.45, 2.75) is 142 Å². The summed E-state index contributed by atoms with van der Waals surface area (Å²) < 4.78 is 31.0. The first-order chi connectivity index (χ1) is 16.6. The van der Waals surface area contributed by atoms with Gasteiger partial charge in [-0.2, -0.15) is 0 Å². The second-order valence-corrected chi connectivity index (χ2v) is 12.2. The van der Waals surface area contributed by atoms with E-state index in [0.29, 0.717) is 17.4 Å². The smallest absolute Gasteiger partial charge is 0.133 e. The summed E-state index contributed by atoms with van der Waals surface area (Å²) in [7, 11) is 0. The van der Waals surface area contributed by atoms with Crippen molar-refractivity contribution in [1.82, 2.24) is 0 Å². The third-order valence-electron chi connectivity index (χ3n) is 9.82. The van der Waals surface area contributed by atoms with Gasteiger partial charge in [0.2, 0.25) is 0 Å². The minimum absolute atomic E-state index is 0.0967. The molecule has 3 aliphatic carbocycles. The number of unbranched alkanes of at least 4 members (excludes halogenated alkanes) is 6. The van der Waals surface area contributed by atoms with Crippen LogP contribution in [0.15, 0.2) is 6.07 Å². The topological polar surface area (TPSA) is 0 Å². The molecule has 3 aliphatic rings. The molecular weight excluding hydrogens is 422 g/mol. The fraction of sp³-hybridized carbons (Fsp3) is 0.812. The van der Waals surface area contributed by atoms with E-state index in [1.807, 2.05) is 0 Å². The van der Waals surface area contributed by atoms with Crippen molar-refractivity contribution in [2.75, 3.05) is 0 Å². The maximum Gasteiger partial charge on any atom is 0.133 e. The van der Waals surface area contributed by atoms with E-state index in [1.54, 1.807) is 6.07 Å². The first kappa shape index (κ1) is 26.2. The number of halogens is 2. The molecular formula is C32H50F2. The molecule has 1 aromatic rings. The summed E-state index contributed by atoms with van der Waals surface area (Å²) in [6, 6.07) is 1.74. The second-order valence-electron chi connectivity index (χ2n) is 12.2. The summed E-state index contributed by atoms with van der Waals surface area (Å²) in [5, 5.41) is 0. The van der Waals surface area contributed by atoms with E-state index in [0.717, 1.165) is 55.1 Å². The predicted molar refractivity (Wildman–Crippen MR) is 140 cm³/mol. The van der Waals surface area contributed by atoms with E-state index in [4.69, 9.17) is 0 Å². The lowest BCUT2D eigenvalue weighted by molar-refractivity contribution is 0.111. The highest BCUT2D eigenvalue weighted by molar-refractivity contribution is 5.39. The molecule has 5 unspecified atom stereocenters. The highest BCUT2D eigenvalue weighted by Crippen LogP contribution is 2.50. The van der Waals surface area contributed by atoms with Crippen LogP contribution in [0.25, 0.3) is 0 Å². The Labute approximate surface area is 208 Å². The molecule has 5 atom stereocenters. The lowest BCUT2D eigenvalue weighted by atomic mass is 9.63. The van der Waals surface area contributed by atoms with Crippen LogP contribution in [0.4, 0.5) is 8.78 Å². The Hall–Kier alpha value is -0.920. The van der Waals surface area contributed by atoms with Crippen molar-refractivity contribution in [3.63, 3.8) is 0 Å². The maximum atomic E-state index is 15.7. The molecule has 34 heavy (non-hydrogen) atoms. The Bertz CT molecular complexity index is 769. The number of hydrogen-bond donors (Lipinski definition) is 0. The molecule has 1 aromatic carbocycles. The number of benzene rings is 1. The molecule has 2 saturated carbocycles. The quantitative estimate of drug-likeness (QED) is 0.281. The van der Waals surface area contributed by atoms with E-state index in [9.17, 15) is 0 Å².